The molecule has 2 nitrogen and oxygen atoms in total. The highest BCUT2D eigenvalue weighted by atomic mass is 35.5. The van der Waals surface area contributed by atoms with E-state index < -0.39 is 5.82 Å². The quantitative estimate of drug-likeness (QED) is 0.818. The van der Waals surface area contributed by atoms with Crippen LogP contribution in [-0.2, 0) is 6.54 Å². The third-order valence-corrected chi connectivity index (χ3v) is 4.14. The Morgan fingerprint density at radius 1 is 1.14 bits per heavy atom. The second-order valence-corrected chi connectivity index (χ2v) is 5.82. The van der Waals surface area contributed by atoms with Crippen molar-refractivity contribution in [3.63, 3.8) is 0 Å². The zero-order valence-corrected chi connectivity index (χ0v) is 12.7. The van der Waals surface area contributed by atoms with Crippen LogP contribution in [0.2, 0.25) is 10.0 Å². The van der Waals surface area contributed by atoms with E-state index in [-0.39, 0.29) is 10.8 Å². The standard InChI is InChI=1S/C16H14Cl2FNO/c17-12-4-2-6-14(15(12)18)21-16-10(3-1-5-13(16)19)9-20-11-7-8-11/h1-6,11,20H,7-9H2. The molecule has 1 saturated carbocycles. The third kappa shape index (κ3) is 3.49. The molecule has 3 rings (SSSR count). The van der Waals surface area contributed by atoms with Gasteiger partial charge in [-0.25, -0.2) is 4.39 Å². The van der Waals surface area contributed by atoms with Gasteiger partial charge >= 0.3 is 0 Å². The van der Waals surface area contributed by atoms with Crippen molar-refractivity contribution < 1.29 is 9.13 Å². The summed E-state index contributed by atoms with van der Waals surface area (Å²) >= 11 is 12.0. The summed E-state index contributed by atoms with van der Waals surface area (Å²) in [6, 6.07) is 10.5. The average molecular weight is 326 g/mol. The molecule has 5 heteroatoms. The molecule has 0 aromatic heterocycles. The summed E-state index contributed by atoms with van der Waals surface area (Å²) in [6.45, 7) is 0.565. The van der Waals surface area contributed by atoms with Crippen molar-refractivity contribution in [2.24, 2.45) is 0 Å². The number of hydrogen-bond acceptors (Lipinski definition) is 2. The first-order valence-corrected chi connectivity index (χ1v) is 7.53. The van der Waals surface area contributed by atoms with Crippen molar-refractivity contribution in [1.82, 2.24) is 5.32 Å². The van der Waals surface area contributed by atoms with Crippen LogP contribution in [0.4, 0.5) is 4.39 Å². The van der Waals surface area contributed by atoms with Crippen LogP contribution in [0.5, 0.6) is 11.5 Å². The lowest BCUT2D eigenvalue weighted by Crippen LogP contribution is -2.16. The van der Waals surface area contributed by atoms with Crippen molar-refractivity contribution in [3.8, 4) is 11.5 Å². The van der Waals surface area contributed by atoms with Crippen LogP contribution in [0, 0.1) is 5.82 Å². The number of benzene rings is 2. The molecular formula is C16H14Cl2FNO. The highest BCUT2D eigenvalue weighted by Gasteiger charge is 2.21. The fraction of sp³-hybridized carbons (Fsp3) is 0.250. The van der Waals surface area contributed by atoms with Gasteiger partial charge in [-0.15, -0.1) is 0 Å². The van der Waals surface area contributed by atoms with Crippen molar-refractivity contribution in [2.75, 3.05) is 0 Å². The summed E-state index contributed by atoms with van der Waals surface area (Å²) in [7, 11) is 0. The average Bonchev–Trinajstić information content (AvgIpc) is 3.28. The Hall–Kier alpha value is -1.29. The fourth-order valence-corrected chi connectivity index (χ4v) is 2.35. The molecule has 0 heterocycles. The van der Waals surface area contributed by atoms with E-state index in [1.807, 2.05) is 6.07 Å². The topological polar surface area (TPSA) is 21.3 Å². The van der Waals surface area contributed by atoms with Gasteiger partial charge in [0.2, 0.25) is 0 Å². The first kappa shape index (κ1) is 14.6. The second-order valence-electron chi connectivity index (χ2n) is 5.04. The fourth-order valence-electron chi connectivity index (χ4n) is 2.02. The minimum Gasteiger partial charge on any atom is -0.452 e. The number of nitrogens with one attached hydrogen (secondary N) is 1. The Kier molecular flexibility index (Phi) is 4.34. The molecule has 0 atom stereocenters. The summed E-state index contributed by atoms with van der Waals surface area (Å²) in [5.74, 6) is 0.123. The predicted molar refractivity (Wildman–Crippen MR) is 82.8 cm³/mol. The highest BCUT2D eigenvalue weighted by Crippen LogP contribution is 2.37. The molecular weight excluding hydrogens is 312 g/mol. The van der Waals surface area contributed by atoms with Crippen LogP contribution < -0.4 is 10.1 Å². The van der Waals surface area contributed by atoms with Crippen molar-refractivity contribution in [1.29, 1.82) is 0 Å². The van der Waals surface area contributed by atoms with Crippen molar-refractivity contribution in [2.45, 2.75) is 25.4 Å². The predicted octanol–water partition coefficient (Wildman–Crippen LogP) is 5.18. The molecule has 0 radical (unpaired) electrons. The van der Waals surface area contributed by atoms with E-state index in [1.54, 1.807) is 24.3 Å². The molecule has 0 unspecified atom stereocenters. The van der Waals surface area contributed by atoms with Crippen molar-refractivity contribution in [3.05, 3.63) is 57.8 Å². The van der Waals surface area contributed by atoms with Crippen LogP contribution in [0.3, 0.4) is 0 Å². The van der Waals surface area contributed by atoms with E-state index >= 15 is 0 Å². The molecule has 2 aromatic rings. The van der Waals surface area contributed by atoms with Crippen LogP contribution in [0.15, 0.2) is 36.4 Å². The lowest BCUT2D eigenvalue weighted by atomic mass is 10.2. The molecule has 0 bridgehead atoms. The lowest BCUT2D eigenvalue weighted by Gasteiger charge is -2.14. The van der Waals surface area contributed by atoms with E-state index in [9.17, 15) is 4.39 Å². The van der Waals surface area contributed by atoms with Crippen LogP contribution in [-0.4, -0.2) is 6.04 Å². The van der Waals surface area contributed by atoms with Crippen LogP contribution in [0.25, 0.3) is 0 Å². The highest BCUT2D eigenvalue weighted by molar-refractivity contribution is 6.42. The summed E-state index contributed by atoms with van der Waals surface area (Å²) in [5, 5.41) is 4.01. The molecule has 21 heavy (non-hydrogen) atoms. The van der Waals surface area contributed by atoms with E-state index in [0.717, 1.165) is 5.56 Å². The third-order valence-electron chi connectivity index (χ3n) is 3.34. The molecule has 2 aromatic carbocycles. The first-order chi connectivity index (χ1) is 10.1. The largest absolute Gasteiger partial charge is 0.452 e. The Morgan fingerprint density at radius 3 is 2.67 bits per heavy atom. The maximum absolute atomic E-state index is 14.1. The smallest absolute Gasteiger partial charge is 0.167 e. The normalized spacial score (nSPS) is 14.2. The molecule has 0 amide bonds. The Bertz CT molecular complexity index is 659. The summed E-state index contributed by atoms with van der Waals surface area (Å²) in [4.78, 5) is 0. The van der Waals surface area contributed by atoms with Gasteiger partial charge in [0, 0.05) is 18.2 Å². The minimum atomic E-state index is -0.416. The maximum Gasteiger partial charge on any atom is 0.167 e. The van der Waals surface area contributed by atoms with Gasteiger partial charge in [-0.2, -0.15) is 0 Å². The summed E-state index contributed by atoms with van der Waals surface area (Å²) in [5.41, 5.74) is 0.762. The molecule has 1 aliphatic rings. The zero-order chi connectivity index (χ0) is 14.8. The zero-order valence-electron chi connectivity index (χ0n) is 11.2. The van der Waals surface area contributed by atoms with Gasteiger partial charge in [0.05, 0.1) is 5.02 Å². The van der Waals surface area contributed by atoms with Gasteiger partial charge in [0.15, 0.2) is 11.6 Å². The summed E-state index contributed by atoms with van der Waals surface area (Å²) < 4.78 is 19.8. The van der Waals surface area contributed by atoms with Gasteiger partial charge < -0.3 is 10.1 Å². The molecule has 1 fully saturated rings. The first-order valence-electron chi connectivity index (χ1n) is 6.78. The number of ether oxygens (including phenoxy) is 1. The molecule has 110 valence electrons. The van der Waals surface area contributed by atoms with Gasteiger partial charge in [0.25, 0.3) is 0 Å². The molecule has 0 saturated heterocycles. The van der Waals surface area contributed by atoms with E-state index in [0.29, 0.717) is 23.4 Å². The molecule has 0 spiro atoms. The van der Waals surface area contributed by atoms with Gasteiger partial charge in [-0.1, -0.05) is 41.4 Å². The van der Waals surface area contributed by atoms with E-state index in [2.05, 4.69) is 5.32 Å². The van der Waals surface area contributed by atoms with Crippen molar-refractivity contribution >= 4 is 23.2 Å². The van der Waals surface area contributed by atoms with Gasteiger partial charge in [-0.3, -0.25) is 0 Å². The monoisotopic (exact) mass is 325 g/mol. The van der Waals surface area contributed by atoms with Crippen LogP contribution in [0.1, 0.15) is 18.4 Å². The molecule has 1 N–H and O–H groups in total. The maximum atomic E-state index is 14.1. The number of hydrogen-bond donors (Lipinski definition) is 1. The number of halogens is 3. The molecule has 1 aliphatic carbocycles. The van der Waals surface area contributed by atoms with Gasteiger partial charge in [0.1, 0.15) is 10.8 Å². The number of rotatable bonds is 5. The Labute approximate surface area is 132 Å². The second kappa shape index (κ2) is 6.22. The van der Waals surface area contributed by atoms with E-state index in [4.69, 9.17) is 27.9 Å². The molecule has 0 aliphatic heterocycles. The van der Waals surface area contributed by atoms with E-state index in [1.165, 1.54) is 18.9 Å². The Morgan fingerprint density at radius 2 is 1.90 bits per heavy atom. The van der Waals surface area contributed by atoms with Crippen LogP contribution >= 0.6 is 23.2 Å². The van der Waals surface area contributed by atoms with Gasteiger partial charge in [-0.05, 0) is 31.0 Å². The minimum absolute atomic E-state index is 0.190. The summed E-state index contributed by atoms with van der Waals surface area (Å²) in [6.07, 6.45) is 2.34. The lowest BCUT2D eigenvalue weighted by molar-refractivity contribution is 0.433. The number of para-hydroxylation sites is 1. The Balaban J connectivity index is 1.87. The SMILES string of the molecule is Fc1cccc(CNC2CC2)c1Oc1cccc(Cl)c1Cl.